The van der Waals surface area contributed by atoms with Crippen LogP contribution < -0.4 is 4.74 Å². The molecule has 1 N–H and O–H groups in total. The highest BCUT2D eigenvalue weighted by Gasteiger charge is 2.51. The van der Waals surface area contributed by atoms with E-state index in [-0.39, 0.29) is 18.0 Å². The Morgan fingerprint density at radius 1 is 1.32 bits per heavy atom. The number of hydrogen-bond donors (Lipinski definition) is 1. The normalized spacial score (nSPS) is 25.1. The first-order valence-corrected chi connectivity index (χ1v) is 10.7. The summed E-state index contributed by atoms with van der Waals surface area (Å²) in [4.78, 5) is 19.4. The zero-order valence-corrected chi connectivity index (χ0v) is 17.8. The van der Waals surface area contributed by atoms with Crippen LogP contribution >= 0.6 is 11.6 Å². The summed E-state index contributed by atoms with van der Waals surface area (Å²) in [7, 11) is 1.55. The van der Waals surface area contributed by atoms with E-state index in [9.17, 15) is 9.90 Å². The predicted molar refractivity (Wildman–Crippen MR) is 112 cm³/mol. The van der Waals surface area contributed by atoms with Gasteiger partial charge in [0.05, 0.1) is 30.5 Å². The number of furan rings is 1. The molecule has 2 aliphatic heterocycles. The predicted octanol–water partition coefficient (Wildman–Crippen LogP) is 3.24. The quantitative estimate of drug-likeness (QED) is 0.652. The Morgan fingerprint density at radius 2 is 2.10 bits per heavy atom. The average molecular weight is 443 g/mol. The Labute approximate surface area is 184 Å². The number of pyridine rings is 1. The number of nitrogens with zero attached hydrogens (tertiary/aromatic N) is 4. The summed E-state index contributed by atoms with van der Waals surface area (Å²) in [5.41, 5.74) is -0.393. The van der Waals surface area contributed by atoms with Crippen LogP contribution in [0.4, 0.5) is 0 Å². The highest BCUT2D eigenvalue weighted by molar-refractivity contribution is 6.30. The van der Waals surface area contributed by atoms with Gasteiger partial charge in [0.2, 0.25) is 5.88 Å². The van der Waals surface area contributed by atoms with Gasteiger partial charge in [-0.3, -0.25) is 9.48 Å². The summed E-state index contributed by atoms with van der Waals surface area (Å²) >= 11 is 5.90. The topological polar surface area (TPSA) is 93.6 Å². The number of aromatic nitrogens is 3. The van der Waals surface area contributed by atoms with Crippen molar-refractivity contribution in [3.63, 3.8) is 0 Å². The minimum atomic E-state index is -1.07. The number of piperidine rings is 1. The molecule has 0 aromatic carbocycles. The van der Waals surface area contributed by atoms with Crippen molar-refractivity contribution in [2.24, 2.45) is 0 Å². The van der Waals surface area contributed by atoms with Crippen molar-refractivity contribution in [2.75, 3.05) is 7.11 Å². The number of halogens is 1. The second kappa shape index (κ2) is 7.69. The molecule has 1 amide bonds. The monoisotopic (exact) mass is 442 g/mol. The first-order valence-electron chi connectivity index (χ1n) is 10.3. The minimum absolute atomic E-state index is 0.0698. The molecule has 0 aliphatic carbocycles. The summed E-state index contributed by atoms with van der Waals surface area (Å²) in [6, 6.07) is 6.99. The van der Waals surface area contributed by atoms with Gasteiger partial charge >= 0.3 is 0 Å². The lowest BCUT2D eigenvalue weighted by atomic mass is 9.80. The molecule has 3 aromatic heterocycles. The van der Waals surface area contributed by atoms with Crippen LogP contribution in [0.3, 0.4) is 0 Å². The Balaban J connectivity index is 1.34. The molecule has 3 atom stereocenters. The average Bonchev–Trinajstić information content (AvgIpc) is 3.46. The van der Waals surface area contributed by atoms with Gasteiger partial charge in [-0.25, -0.2) is 4.98 Å². The molecular weight excluding hydrogens is 420 g/mol. The standard InChI is InChI=1S/C22H23ClN4O4/c1-30-20-18(3-2-8-24-20)22(29)9-15-4-5-16(10-22)27(15)21(28)19-7-6-17(31-19)13-26-12-14(23)11-25-26/h2-3,6-8,11-12,15-16,29H,4-5,9-10,13H2,1H3/t15-,16+,22?. The fraction of sp³-hybridized carbons (Fsp3) is 0.409. The van der Waals surface area contributed by atoms with Crippen LogP contribution in [0.15, 0.2) is 47.3 Å². The van der Waals surface area contributed by atoms with E-state index in [1.54, 1.807) is 48.6 Å². The molecule has 0 spiro atoms. The van der Waals surface area contributed by atoms with E-state index in [0.717, 1.165) is 12.8 Å². The summed E-state index contributed by atoms with van der Waals surface area (Å²) in [6.45, 7) is 0.396. The van der Waals surface area contributed by atoms with Crippen molar-refractivity contribution in [3.8, 4) is 5.88 Å². The molecule has 9 heteroatoms. The molecule has 8 nitrogen and oxygen atoms in total. The van der Waals surface area contributed by atoms with Crippen LogP contribution in [-0.2, 0) is 12.1 Å². The van der Waals surface area contributed by atoms with E-state index < -0.39 is 5.60 Å². The Bertz CT molecular complexity index is 1100. The van der Waals surface area contributed by atoms with Gasteiger partial charge < -0.3 is 19.2 Å². The maximum absolute atomic E-state index is 13.3. The summed E-state index contributed by atoms with van der Waals surface area (Å²) in [6.07, 6.45) is 7.48. The third-order valence-electron chi connectivity index (χ3n) is 6.26. The molecule has 0 radical (unpaired) electrons. The molecule has 0 saturated carbocycles. The lowest BCUT2D eigenvalue weighted by Crippen LogP contribution is -2.52. The van der Waals surface area contributed by atoms with Crippen LogP contribution in [0.1, 0.15) is 47.6 Å². The molecule has 2 aliphatic rings. The van der Waals surface area contributed by atoms with E-state index in [4.69, 9.17) is 20.8 Å². The second-order valence-corrected chi connectivity index (χ2v) is 8.66. The lowest BCUT2D eigenvalue weighted by Gasteiger charge is -2.43. The number of methoxy groups -OCH3 is 1. The zero-order valence-electron chi connectivity index (χ0n) is 17.1. The molecule has 5 heterocycles. The smallest absolute Gasteiger partial charge is 0.290 e. The number of carbonyl (C=O) groups is 1. The Morgan fingerprint density at radius 3 is 2.77 bits per heavy atom. The molecule has 162 valence electrons. The van der Waals surface area contributed by atoms with Gasteiger partial charge in [0.1, 0.15) is 5.76 Å². The van der Waals surface area contributed by atoms with Crippen molar-refractivity contribution in [3.05, 3.63) is 65.0 Å². The van der Waals surface area contributed by atoms with Crippen LogP contribution in [0.25, 0.3) is 0 Å². The van der Waals surface area contributed by atoms with Crippen LogP contribution in [0, 0.1) is 0 Å². The Hall–Kier alpha value is -2.84. The van der Waals surface area contributed by atoms with Gasteiger partial charge in [0.25, 0.3) is 5.91 Å². The Kier molecular flexibility index (Phi) is 4.98. The molecule has 2 bridgehead atoms. The van der Waals surface area contributed by atoms with E-state index in [1.807, 2.05) is 11.0 Å². The number of amides is 1. The fourth-order valence-electron chi connectivity index (χ4n) is 4.97. The number of fused-ring (bicyclic) bond motifs is 2. The molecular formula is C22H23ClN4O4. The summed E-state index contributed by atoms with van der Waals surface area (Å²) in [5, 5.41) is 16.2. The third-order valence-corrected chi connectivity index (χ3v) is 6.45. The largest absolute Gasteiger partial charge is 0.481 e. The first-order chi connectivity index (χ1) is 15.0. The third kappa shape index (κ3) is 3.59. The summed E-state index contributed by atoms with van der Waals surface area (Å²) in [5.74, 6) is 1.22. The van der Waals surface area contributed by atoms with Gasteiger partial charge in [-0.1, -0.05) is 11.6 Å². The van der Waals surface area contributed by atoms with Crippen LogP contribution in [0.2, 0.25) is 5.02 Å². The lowest BCUT2D eigenvalue weighted by molar-refractivity contribution is -0.0501. The maximum Gasteiger partial charge on any atom is 0.290 e. The SMILES string of the molecule is COc1ncccc1C1(O)C[C@H]2CC[C@@H](C1)N2C(=O)c1ccc(Cn2cc(Cl)cn2)o1. The van der Waals surface area contributed by atoms with E-state index in [1.165, 1.54) is 0 Å². The minimum Gasteiger partial charge on any atom is -0.481 e. The number of rotatable bonds is 5. The molecule has 1 unspecified atom stereocenters. The zero-order chi connectivity index (χ0) is 21.6. The van der Waals surface area contributed by atoms with Crippen LogP contribution in [-0.4, -0.2) is 49.9 Å². The van der Waals surface area contributed by atoms with Gasteiger partial charge in [-0.15, -0.1) is 0 Å². The number of hydrogen-bond acceptors (Lipinski definition) is 6. The van der Waals surface area contributed by atoms with Gasteiger partial charge in [0.15, 0.2) is 5.76 Å². The highest BCUT2D eigenvalue weighted by Crippen LogP contribution is 2.47. The molecule has 2 saturated heterocycles. The molecule has 5 rings (SSSR count). The molecule has 2 fully saturated rings. The molecule has 3 aromatic rings. The van der Waals surface area contributed by atoms with Crippen molar-refractivity contribution in [1.82, 2.24) is 19.7 Å². The highest BCUT2D eigenvalue weighted by atomic mass is 35.5. The van der Waals surface area contributed by atoms with Crippen molar-refractivity contribution in [2.45, 2.75) is 49.9 Å². The van der Waals surface area contributed by atoms with Gasteiger partial charge in [0, 0.05) is 42.9 Å². The number of aliphatic hydroxyl groups is 1. The maximum atomic E-state index is 13.3. The number of carbonyl (C=O) groups excluding carboxylic acids is 1. The summed E-state index contributed by atoms with van der Waals surface area (Å²) < 4.78 is 12.8. The fourth-order valence-corrected chi connectivity index (χ4v) is 5.13. The van der Waals surface area contributed by atoms with Gasteiger partial charge in [-0.05, 0) is 37.1 Å². The second-order valence-electron chi connectivity index (χ2n) is 8.22. The van der Waals surface area contributed by atoms with Gasteiger partial charge in [-0.2, -0.15) is 5.10 Å². The van der Waals surface area contributed by atoms with Crippen LogP contribution in [0.5, 0.6) is 5.88 Å². The van der Waals surface area contributed by atoms with E-state index in [0.29, 0.717) is 47.4 Å². The van der Waals surface area contributed by atoms with Crippen molar-refractivity contribution < 1.29 is 19.1 Å². The van der Waals surface area contributed by atoms with Crippen molar-refractivity contribution >= 4 is 17.5 Å². The van der Waals surface area contributed by atoms with E-state index in [2.05, 4.69) is 10.1 Å². The van der Waals surface area contributed by atoms with E-state index >= 15 is 0 Å². The molecule has 31 heavy (non-hydrogen) atoms. The number of ether oxygens (including phenoxy) is 1. The van der Waals surface area contributed by atoms with Crippen molar-refractivity contribution in [1.29, 1.82) is 0 Å². The first kappa shape index (κ1) is 20.1.